The zero-order valence-corrected chi connectivity index (χ0v) is 17.9. The molecule has 162 valence electrons. The number of aromatic amines is 1. The molecule has 1 atom stereocenters. The second-order valence-corrected chi connectivity index (χ2v) is 9.36. The average Bonchev–Trinajstić information content (AvgIpc) is 3.45. The summed E-state index contributed by atoms with van der Waals surface area (Å²) >= 11 is 0. The molecule has 1 aromatic heterocycles. The Morgan fingerprint density at radius 1 is 1.20 bits per heavy atom. The SMILES string of the molecule is CCOc1ccc(C2CCCN2C(=O)c2cc(S(=O)(=O)N3CCOCC3)c[nH]2)cc1. The normalized spacial score (nSPS) is 20.4. The predicted molar refractivity (Wildman–Crippen MR) is 111 cm³/mol. The monoisotopic (exact) mass is 433 g/mol. The van der Waals surface area contributed by atoms with Gasteiger partial charge in [-0.3, -0.25) is 4.79 Å². The summed E-state index contributed by atoms with van der Waals surface area (Å²) < 4.78 is 37.8. The maximum absolute atomic E-state index is 13.2. The lowest BCUT2D eigenvalue weighted by Gasteiger charge is -2.25. The van der Waals surface area contributed by atoms with Gasteiger partial charge in [0.25, 0.3) is 5.91 Å². The number of nitrogens with one attached hydrogen (secondary N) is 1. The summed E-state index contributed by atoms with van der Waals surface area (Å²) in [7, 11) is -3.64. The molecule has 0 aliphatic carbocycles. The van der Waals surface area contributed by atoms with Gasteiger partial charge in [-0.2, -0.15) is 4.31 Å². The molecule has 2 aromatic rings. The highest BCUT2D eigenvalue weighted by atomic mass is 32.2. The number of sulfonamides is 1. The van der Waals surface area contributed by atoms with E-state index < -0.39 is 10.0 Å². The molecule has 2 aliphatic rings. The van der Waals surface area contributed by atoms with Crippen molar-refractivity contribution in [1.29, 1.82) is 0 Å². The van der Waals surface area contributed by atoms with E-state index in [9.17, 15) is 13.2 Å². The number of aromatic nitrogens is 1. The number of likely N-dealkylation sites (tertiary alicyclic amines) is 1. The third-order valence-electron chi connectivity index (χ3n) is 5.58. The molecule has 1 amide bonds. The van der Waals surface area contributed by atoms with E-state index in [0.29, 0.717) is 45.1 Å². The number of hydrogen-bond donors (Lipinski definition) is 1. The van der Waals surface area contributed by atoms with E-state index in [1.54, 1.807) is 0 Å². The maximum atomic E-state index is 13.2. The van der Waals surface area contributed by atoms with E-state index in [1.807, 2.05) is 36.1 Å². The number of ether oxygens (including phenoxy) is 2. The number of morpholine rings is 1. The Kier molecular flexibility index (Phi) is 6.12. The Bertz CT molecular complexity index is 980. The van der Waals surface area contributed by atoms with E-state index in [4.69, 9.17) is 9.47 Å². The van der Waals surface area contributed by atoms with Crippen molar-refractivity contribution in [3.63, 3.8) is 0 Å². The lowest BCUT2D eigenvalue weighted by molar-refractivity contribution is 0.0727. The molecule has 1 aromatic carbocycles. The molecule has 1 unspecified atom stereocenters. The summed E-state index contributed by atoms with van der Waals surface area (Å²) in [6.45, 7) is 4.60. The first-order chi connectivity index (χ1) is 14.5. The largest absolute Gasteiger partial charge is 0.494 e. The van der Waals surface area contributed by atoms with Gasteiger partial charge in [-0.05, 0) is 43.5 Å². The molecule has 4 rings (SSSR count). The van der Waals surface area contributed by atoms with Crippen LogP contribution in [0.3, 0.4) is 0 Å². The number of carbonyl (C=O) groups excluding carboxylic acids is 1. The van der Waals surface area contributed by atoms with E-state index in [2.05, 4.69) is 4.98 Å². The fourth-order valence-corrected chi connectivity index (χ4v) is 5.45. The number of nitrogens with zero attached hydrogens (tertiary/aromatic N) is 2. The number of amides is 1. The second-order valence-electron chi connectivity index (χ2n) is 7.42. The molecule has 8 nitrogen and oxygen atoms in total. The molecule has 0 radical (unpaired) electrons. The van der Waals surface area contributed by atoms with Crippen LogP contribution in [0.2, 0.25) is 0 Å². The van der Waals surface area contributed by atoms with E-state index in [0.717, 1.165) is 24.2 Å². The van der Waals surface area contributed by atoms with Gasteiger partial charge in [0.1, 0.15) is 16.3 Å². The first kappa shape index (κ1) is 20.9. The molecule has 1 N–H and O–H groups in total. The lowest BCUT2D eigenvalue weighted by atomic mass is 10.0. The molecule has 9 heteroatoms. The van der Waals surface area contributed by atoms with Gasteiger partial charge in [0.2, 0.25) is 10.0 Å². The molecule has 2 fully saturated rings. The number of hydrogen-bond acceptors (Lipinski definition) is 5. The van der Waals surface area contributed by atoms with Gasteiger partial charge in [0.15, 0.2) is 0 Å². The van der Waals surface area contributed by atoms with Crippen molar-refractivity contribution in [3.8, 4) is 5.75 Å². The Hall–Kier alpha value is -2.36. The highest BCUT2D eigenvalue weighted by Crippen LogP contribution is 2.34. The average molecular weight is 434 g/mol. The van der Waals surface area contributed by atoms with Crippen LogP contribution in [0.25, 0.3) is 0 Å². The first-order valence-electron chi connectivity index (χ1n) is 10.3. The van der Waals surface area contributed by atoms with E-state index >= 15 is 0 Å². The number of carbonyl (C=O) groups is 1. The molecule has 2 aliphatic heterocycles. The third-order valence-corrected chi connectivity index (χ3v) is 7.46. The molecule has 0 saturated carbocycles. The van der Waals surface area contributed by atoms with E-state index in [-0.39, 0.29) is 16.8 Å². The maximum Gasteiger partial charge on any atom is 0.270 e. The standard InChI is InChI=1S/C21H27N3O5S/c1-2-29-17-7-5-16(6-8-17)20-4-3-9-24(20)21(25)19-14-18(15-22-19)30(26,27)23-10-12-28-13-11-23/h5-8,14-15,20,22H,2-4,9-13H2,1H3. The fraction of sp³-hybridized carbons (Fsp3) is 0.476. The van der Waals surface area contributed by atoms with Gasteiger partial charge >= 0.3 is 0 Å². The molecular weight excluding hydrogens is 406 g/mol. The van der Waals surface area contributed by atoms with Crippen molar-refractivity contribution in [2.75, 3.05) is 39.5 Å². The molecular formula is C21H27N3O5S. The fourth-order valence-electron chi connectivity index (χ4n) is 4.05. The molecule has 0 bridgehead atoms. The zero-order chi connectivity index (χ0) is 21.1. The Morgan fingerprint density at radius 2 is 1.93 bits per heavy atom. The minimum absolute atomic E-state index is 0.0317. The highest BCUT2D eigenvalue weighted by Gasteiger charge is 2.33. The molecule has 30 heavy (non-hydrogen) atoms. The van der Waals surface area contributed by atoms with Crippen molar-refractivity contribution in [3.05, 3.63) is 47.8 Å². The second kappa shape index (κ2) is 8.79. The van der Waals surface area contributed by atoms with Gasteiger partial charge in [-0.15, -0.1) is 0 Å². The molecule has 0 spiro atoms. The molecule has 3 heterocycles. The summed E-state index contributed by atoms with van der Waals surface area (Å²) in [5.74, 6) is 0.620. The quantitative estimate of drug-likeness (QED) is 0.755. The summed E-state index contributed by atoms with van der Waals surface area (Å²) in [6, 6.07) is 9.23. The van der Waals surface area contributed by atoms with Gasteiger partial charge in [0.05, 0.1) is 25.9 Å². The summed E-state index contributed by atoms with van der Waals surface area (Å²) in [5, 5.41) is 0. The minimum atomic E-state index is -3.64. The van der Waals surface area contributed by atoms with Crippen LogP contribution >= 0.6 is 0 Å². The predicted octanol–water partition coefficient (Wildman–Crippen LogP) is 2.41. The van der Waals surface area contributed by atoms with Crippen molar-refractivity contribution in [1.82, 2.24) is 14.2 Å². The lowest BCUT2D eigenvalue weighted by Crippen LogP contribution is -2.40. The van der Waals surface area contributed by atoms with Gasteiger partial charge in [-0.25, -0.2) is 8.42 Å². The van der Waals surface area contributed by atoms with Crippen LogP contribution in [0, 0.1) is 0 Å². The highest BCUT2D eigenvalue weighted by molar-refractivity contribution is 7.89. The Balaban J connectivity index is 1.51. The molecule has 2 saturated heterocycles. The van der Waals surface area contributed by atoms with Gasteiger partial charge in [0, 0.05) is 25.8 Å². The smallest absolute Gasteiger partial charge is 0.270 e. The summed E-state index contributed by atoms with van der Waals surface area (Å²) in [4.78, 5) is 18.0. The van der Waals surface area contributed by atoms with Gasteiger partial charge < -0.3 is 19.4 Å². The van der Waals surface area contributed by atoms with Gasteiger partial charge in [-0.1, -0.05) is 12.1 Å². The van der Waals surface area contributed by atoms with Crippen LogP contribution in [-0.2, 0) is 14.8 Å². The minimum Gasteiger partial charge on any atom is -0.494 e. The number of benzene rings is 1. The van der Waals surface area contributed by atoms with Crippen molar-refractivity contribution in [2.45, 2.75) is 30.7 Å². The summed E-state index contributed by atoms with van der Waals surface area (Å²) in [6.07, 6.45) is 3.18. The number of H-pyrrole nitrogens is 1. The van der Waals surface area contributed by atoms with Crippen molar-refractivity contribution < 1.29 is 22.7 Å². The zero-order valence-electron chi connectivity index (χ0n) is 17.0. The van der Waals surface area contributed by atoms with Crippen LogP contribution in [0.5, 0.6) is 5.75 Å². The van der Waals surface area contributed by atoms with Crippen molar-refractivity contribution >= 4 is 15.9 Å². The third kappa shape index (κ3) is 4.10. The van der Waals surface area contributed by atoms with Crippen LogP contribution in [0.4, 0.5) is 0 Å². The topological polar surface area (TPSA) is 91.9 Å². The van der Waals surface area contributed by atoms with Crippen molar-refractivity contribution in [2.24, 2.45) is 0 Å². The Morgan fingerprint density at radius 3 is 2.63 bits per heavy atom. The van der Waals surface area contributed by atoms with Crippen LogP contribution in [-0.4, -0.2) is 68.0 Å². The van der Waals surface area contributed by atoms with Crippen LogP contribution in [0.15, 0.2) is 41.4 Å². The first-order valence-corrected chi connectivity index (χ1v) is 11.7. The summed E-state index contributed by atoms with van der Waals surface area (Å²) in [5.41, 5.74) is 1.34. The van der Waals surface area contributed by atoms with E-state index in [1.165, 1.54) is 16.6 Å². The van der Waals surface area contributed by atoms with Crippen LogP contribution in [0.1, 0.15) is 41.9 Å². The number of rotatable bonds is 6. The van der Waals surface area contributed by atoms with Crippen LogP contribution < -0.4 is 4.74 Å². The Labute approximate surface area is 176 Å².